The van der Waals surface area contributed by atoms with E-state index in [1.165, 1.54) is 19.1 Å². The molecule has 22 heavy (non-hydrogen) atoms. The zero-order chi connectivity index (χ0) is 16.5. The van der Waals surface area contributed by atoms with E-state index >= 15 is 0 Å². The van der Waals surface area contributed by atoms with Crippen LogP contribution >= 0.6 is 0 Å². The normalized spacial score (nSPS) is 23.5. The monoisotopic (exact) mass is 336 g/mol. The van der Waals surface area contributed by atoms with Crippen molar-refractivity contribution in [2.24, 2.45) is 0 Å². The average Bonchev–Trinajstić information content (AvgIpc) is 2.36. The SMILES string of the molecule is Cc1ccc(S(=O)(=O)NC2CCNC(C)C2)cc1C(F)(F)F. The number of sulfonamides is 1. The van der Waals surface area contributed by atoms with Gasteiger partial charge in [0.25, 0.3) is 0 Å². The van der Waals surface area contributed by atoms with Crippen molar-refractivity contribution in [1.82, 2.24) is 10.0 Å². The molecule has 1 aliphatic heterocycles. The van der Waals surface area contributed by atoms with Crippen molar-refractivity contribution >= 4 is 10.0 Å². The van der Waals surface area contributed by atoms with Gasteiger partial charge in [0.1, 0.15) is 0 Å². The molecule has 2 rings (SSSR count). The van der Waals surface area contributed by atoms with E-state index in [0.29, 0.717) is 25.5 Å². The fourth-order valence-electron chi connectivity index (χ4n) is 2.60. The van der Waals surface area contributed by atoms with E-state index in [1.54, 1.807) is 0 Å². The van der Waals surface area contributed by atoms with Gasteiger partial charge in [-0.05, 0) is 50.9 Å². The molecule has 1 fully saturated rings. The van der Waals surface area contributed by atoms with Crippen LogP contribution in [0.15, 0.2) is 23.1 Å². The molecule has 1 aliphatic rings. The second kappa shape index (κ2) is 6.17. The first-order chi connectivity index (χ1) is 10.1. The Morgan fingerprint density at radius 3 is 2.59 bits per heavy atom. The Morgan fingerprint density at radius 2 is 2.00 bits per heavy atom. The summed E-state index contributed by atoms with van der Waals surface area (Å²) in [6.45, 7) is 3.92. The lowest BCUT2D eigenvalue weighted by molar-refractivity contribution is -0.138. The van der Waals surface area contributed by atoms with Gasteiger partial charge in [0, 0.05) is 12.1 Å². The number of benzene rings is 1. The number of aryl methyl sites for hydroxylation is 1. The molecular formula is C14H19F3N2O2S. The predicted molar refractivity (Wildman–Crippen MR) is 77.0 cm³/mol. The maximum Gasteiger partial charge on any atom is 0.416 e. The van der Waals surface area contributed by atoms with Gasteiger partial charge >= 0.3 is 6.18 Å². The van der Waals surface area contributed by atoms with Gasteiger partial charge in [0.15, 0.2) is 0 Å². The molecule has 8 heteroatoms. The minimum atomic E-state index is -4.57. The summed E-state index contributed by atoms with van der Waals surface area (Å²) in [6.07, 6.45) is -3.35. The van der Waals surface area contributed by atoms with E-state index in [2.05, 4.69) is 10.0 Å². The second-order valence-corrected chi connectivity index (χ2v) is 7.39. The van der Waals surface area contributed by atoms with Crippen LogP contribution in [0.4, 0.5) is 13.2 Å². The number of nitrogens with one attached hydrogen (secondary N) is 2. The quantitative estimate of drug-likeness (QED) is 0.891. The number of rotatable bonds is 3. The third kappa shape index (κ3) is 3.99. The first kappa shape index (κ1) is 17.2. The second-order valence-electron chi connectivity index (χ2n) is 5.67. The Morgan fingerprint density at radius 1 is 1.32 bits per heavy atom. The highest BCUT2D eigenvalue weighted by atomic mass is 32.2. The van der Waals surface area contributed by atoms with Crippen molar-refractivity contribution in [2.75, 3.05) is 6.54 Å². The summed E-state index contributed by atoms with van der Waals surface area (Å²) in [7, 11) is -3.96. The Kier molecular flexibility index (Phi) is 4.84. The largest absolute Gasteiger partial charge is 0.416 e. The van der Waals surface area contributed by atoms with Gasteiger partial charge in [0.2, 0.25) is 10.0 Å². The van der Waals surface area contributed by atoms with Crippen molar-refractivity contribution in [1.29, 1.82) is 0 Å². The van der Waals surface area contributed by atoms with Gasteiger partial charge in [-0.25, -0.2) is 13.1 Å². The lowest BCUT2D eigenvalue weighted by Gasteiger charge is -2.28. The molecule has 4 nitrogen and oxygen atoms in total. The first-order valence-electron chi connectivity index (χ1n) is 7.03. The molecule has 0 spiro atoms. The minimum absolute atomic E-state index is 0.00180. The van der Waals surface area contributed by atoms with E-state index in [1.807, 2.05) is 6.92 Å². The van der Waals surface area contributed by atoms with Crippen molar-refractivity contribution < 1.29 is 21.6 Å². The third-order valence-electron chi connectivity index (χ3n) is 3.77. The van der Waals surface area contributed by atoms with Crippen LogP contribution in [0.2, 0.25) is 0 Å². The smallest absolute Gasteiger partial charge is 0.314 e. The fourth-order valence-corrected chi connectivity index (χ4v) is 3.91. The molecule has 0 saturated carbocycles. The van der Waals surface area contributed by atoms with Gasteiger partial charge in [-0.3, -0.25) is 0 Å². The van der Waals surface area contributed by atoms with Crippen molar-refractivity contribution in [2.45, 2.75) is 49.8 Å². The minimum Gasteiger partial charge on any atom is -0.314 e. The summed E-state index contributed by atoms with van der Waals surface area (Å²) < 4.78 is 65.8. The number of hydrogen-bond acceptors (Lipinski definition) is 3. The molecule has 1 aromatic rings. The van der Waals surface area contributed by atoms with Crippen LogP contribution in [-0.2, 0) is 16.2 Å². The van der Waals surface area contributed by atoms with Crippen LogP contribution < -0.4 is 10.0 Å². The van der Waals surface area contributed by atoms with Crippen LogP contribution in [-0.4, -0.2) is 27.0 Å². The molecule has 0 bridgehead atoms. The molecule has 2 atom stereocenters. The highest BCUT2D eigenvalue weighted by molar-refractivity contribution is 7.89. The van der Waals surface area contributed by atoms with Crippen LogP contribution in [0, 0.1) is 6.92 Å². The molecule has 124 valence electrons. The molecule has 0 radical (unpaired) electrons. The Labute approximate surface area is 128 Å². The zero-order valence-corrected chi connectivity index (χ0v) is 13.2. The summed E-state index contributed by atoms with van der Waals surface area (Å²) in [6, 6.07) is 2.99. The predicted octanol–water partition coefficient (Wildman–Crippen LogP) is 2.43. The maximum absolute atomic E-state index is 12.9. The van der Waals surface area contributed by atoms with Crippen LogP contribution in [0.3, 0.4) is 0 Å². The zero-order valence-electron chi connectivity index (χ0n) is 12.4. The molecule has 1 heterocycles. The van der Waals surface area contributed by atoms with E-state index in [-0.39, 0.29) is 22.5 Å². The highest BCUT2D eigenvalue weighted by Crippen LogP contribution is 2.33. The standard InChI is InChI=1S/C14H19F3N2O2S/c1-9-3-4-12(8-13(9)14(15,16)17)22(20,21)19-11-5-6-18-10(2)7-11/h3-4,8,10-11,18-19H,5-7H2,1-2H3. The average molecular weight is 336 g/mol. The molecular weight excluding hydrogens is 317 g/mol. The summed E-state index contributed by atoms with van der Waals surface area (Å²) in [5.74, 6) is 0. The van der Waals surface area contributed by atoms with Gasteiger partial charge in [-0.15, -0.1) is 0 Å². The van der Waals surface area contributed by atoms with Crippen LogP contribution in [0.1, 0.15) is 30.9 Å². The third-order valence-corrected chi connectivity index (χ3v) is 5.29. The van der Waals surface area contributed by atoms with Crippen molar-refractivity contribution in [3.8, 4) is 0 Å². The number of halogens is 3. The summed E-state index contributed by atoms with van der Waals surface area (Å²) in [4.78, 5) is -0.350. The van der Waals surface area contributed by atoms with Crippen LogP contribution in [0.25, 0.3) is 0 Å². The fraction of sp³-hybridized carbons (Fsp3) is 0.571. The van der Waals surface area contributed by atoms with Gasteiger partial charge in [-0.1, -0.05) is 6.07 Å². The topological polar surface area (TPSA) is 58.2 Å². The molecule has 1 aromatic carbocycles. The molecule has 0 amide bonds. The molecule has 0 aromatic heterocycles. The van der Waals surface area contributed by atoms with Crippen molar-refractivity contribution in [3.05, 3.63) is 29.3 Å². The van der Waals surface area contributed by atoms with E-state index in [4.69, 9.17) is 0 Å². The lowest BCUT2D eigenvalue weighted by Crippen LogP contribution is -2.46. The van der Waals surface area contributed by atoms with E-state index in [9.17, 15) is 21.6 Å². The van der Waals surface area contributed by atoms with Crippen LogP contribution in [0.5, 0.6) is 0 Å². The Balaban J connectivity index is 2.26. The molecule has 0 aliphatic carbocycles. The van der Waals surface area contributed by atoms with E-state index < -0.39 is 21.8 Å². The Bertz CT molecular complexity index is 644. The van der Waals surface area contributed by atoms with E-state index in [0.717, 1.165) is 0 Å². The highest BCUT2D eigenvalue weighted by Gasteiger charge is 2.34. The number of hydrogen-bond donors (Lipinski definition) is 2. The molecule has 1 saturated heterocycles. The van der Waals surface area contributed by atoms with Gasteiger partial charge < -0.3 is 5.32 Å². The summed E-state index contributed by atoms with van der Waals surface area (Å²) in [5.41, 5.74) is -0.920. The lowest BCUT2D eigenvalue weighted by atomic mass is 10.0. The molecule has 2 unspecified atom stereocenters. The number of piperidine rings is 1. The summed E-state index contributed by atoms with van der Waals surface area (Å²) in [5, 5.41) is 3.19. The van der Waals surface area contributed by atoms with Gasteiger partial charge in [-0.2, -0.15) is 13.2 Å². The first-order valence-corrected chi connectivity index (χ1v) is 8.51. The maximum atomic E-state index is 12.9. The Hall–Kier alpha value is -1.12. The molecule has 2 N–H and O–H groups in total. The van der Waals surface area contributed by atoms with Crippen molar-refractivity contribution in [3.63, 3.8) is 0 Å². The number of alkyl halides is 3. The van der Waals surface area contributed by atoms with Gasteiger partial charge in [0.05, 0.1) is 10.5 Å². The summed E-state index contributed by atoms with van der Waals surface area (Å²) >= 11 is 0.